The topological polar surface area (TPSA) is 118 Å². The van der Waals surface area contributed by atoms with Crippen LogP contribution < -0.4 is 15.4 Å². The fraction of sp³-hybridized carbons (Fsp3) is 0.143. The van der Waals surface area contributed by atoms with Gasteiger partial charge in [0, 0.05) is 21.5 Å². The van der Waals surface area contributed by atoms with Gasteiger partial charge in [-0.15, -0.1) is 23.1 Å². The standard InChI is InChI=1S/C28H21Cl4N3O5S2/c1-3-18(25(36)35-28-34-17(12-41-28)13-7-9-15(40-2)10-8-13)42-16-6-4-5-14(11-16)33-26(37)19-20(27(38)39)22(30)24(32)23(31)21(19)29/h4-12,18H,3H2,1-2H3,(H,33,37)(H,38,39)(H,34,35,36). The number of anilines is 2. The van der Waals surface area contributed by atoms with Crippen molar-refractivity contribution in [1.29, 1.82) is 0 Å². The Balaban J connectivity index is 1.47. The predicted molar refractivity (Wildman–Crippen MR) is 171 cm³/mol. The summed E-state index contributed by atoms with van der Waals surface area (Å²) >= 11 is 26.9. The first kappa shape index (κ1) is 31.9. The number of carboxylic acids is 1. The molecule has 1 unspecified atom stereocenters. The number of carbonyl (C=O) groups excluding carboxylic acids is 2. The van der Waals surface area contributed by atoms with E-state index in [-0.39, 0.29) is 21.0 Å². The molecular formula is C28H21Cl4N3O5S2. The van der Waals surface area contributed by atoms with E-state index in [9.17, 15) is 19.5 Å². The number of amides is 2. The highest BCUT2D eigenvalue weighted by Gasteiger charge is 2.29. The molecule has 0 radical (unpaired) electrons. The van der Waals surface area contributed by atoms with Gasteiger partial charge in [-0.3, -0.25) is 9.59 Å². The zero-order valence-electron chi connectivity index (χ0n) is 21.8. The molecule has 42 heavy (non-hydrogen) atoms. The van der Waals surface area contributed by atoms with Crippen LogP contribution in [-0.4, -0.2) is 40.2 Å². The number of carboxylic acid groups (broad SMARTS) is 1. The van der Waals surface area contributed by atoms with Crippen molar-refractivity contribution in [3.63, 3.8) is 0 Å². The summed E-state index contributed by atoms with van der Waals surface area (Å²) in [5.74, 6) is -1.83. The number of methoxy groups -OCH3 is 1. The van der Waals surface area contributed by atoms with E-state index >= 15 is 0 Å². The van der Waals surface area contributed by atoms with Crippen LogP contribution in [0.2, 0.25) is 20.1 Å². The first-order chi connectivity index (χ1) is 20.0. The quantitative estimate of drug-likeness (QED) is 0.0867. The summed E-state index contributed by atoms with van der Waals surface area (Å²) in [4.78, 5) is 43.3. The molecule has 1 heterocycles. The van der Waals surface area contributed by atoms with Crippen LogP contribution in [0.1, 0.15) is 34.1 Å². The van der Waals surface area contributed by atoms with Crippen molar-refractivity contribution < 1.29 is 24.2 Å². The van der Waals surface area contributed by atoms with E-state index in [1.54, 1.807) is 31.4 Å². The monoisotopic (exact) mass is 683 g/mol. The fourth-order valence-corrected chi connectivity index (χ4v) is 6.54. The number of thiazole rings is 1. The molecule has 0 aliphatic heterocycles. The lowest BCUT2D eigenvalue weighted by molar-refractivity contribution is -0.115. The number of carbonyl (C=O) groups is 3. The van der Waals surface area contributed by atoms with Gasteiger partial charge in [0.05, 0.1) is 49.3 Å². The lowest BCUT2D eigenvalue weighted by Crippen LogP contribution is -2.24. The number of aromatic carboxylic acids is 1. The van der Waals surface area contributed by atoms with Gasteiger partial charge in [-0.1, -0.05) is 59.4 Å². The van der Waals surface area contributed by atoms with E-state index < -0.39 is 33.3 Å². The third-order valence-corrected chi connectivity index (χ3v) is 9.78. The average molecular weight is 685 g/mol. The number of benzene rings is 3. The maximum Gasteiger partial charge on any atom is 0.338 e. The molecule has 0 saturated carbocycles. The van der Waals surface area contributed by atoms with Crippen LogP contribution >= 0.6 is 69.5 Å². The molecule has 0 saturated heterocycles. The number of ether oxygens (including phenoxy) is 1. The third-order valence-electron chi connectivity index (χ3n) is 5.86. The minimum atomic E-state index is -1.50. The molecule has 0 aliphatic carbocycles. The summed E-state index contributed by atoms with van der Waals surface area (Å²) in [6.45, 7) is 1.89. The molecule has 218 valence electrons. The minimum absolute atomic E-state index is 0.226. The Morgan fingerprint density at radius 3 is 2.26 bits per heavy atom. The highest BCUT2D eigenvalue weighted by atomic mass is 35.5. The van der Waals surface area contributed by atoms with E-state index in [1.165, 1.54) is 23.1 Å². The Hall–Kier alpha value is -2.99. The second-order valence-corrected chi connectivity index (χ2v) is 12.2. The van der Waals surface area contributed by atoms with Gasteiger partial charge in [-0.25, -0.2) is 9.78 Å². The summed E-state index contributed by atoms with van der Waals surface area (Å²) < 4.78 is 5.19. The van der Waals surface area contributed by atoms with Crippen LogP contribution in [0.5, 0.6) is 5.75 Å². The zero-order valence-corrected chi connectivity index (χ0v) is 26.5. The van der Waals surface area contributed by atoms with Crippen molar-refractivity contribution in [3.05, 3.63) is 85.1 Å². The van der Waals surface area contributed by atoms with Crippen molar-refractivity contribution in [1.82, 2.24) is 4.98 Å². The Morgan fingerprint density at radius 2 is 1.64 bits per heavy atom. The smallest absolute Gasteiger partial charge is 0.338 e. The first-order valence-electron chi connectivity index (χ1n) is 12.1. The summed E-state index contributed by atoms with van der Waals surface area (Å²) in [7, 11) is 1.60. The molecule has 3 aromatic carbocycles. The van der Waals surface area contributed by atoms with Crippen molar-refractivity contribution >= 4 is 98.1 Å². The number of rotatable bonds is 10. The Kier molecular flexibility index (Phi) is 10.6. The maximum atomic E-state index is 13.1. The number of thioether (sulfide) groups is 1. The molecule has 0 spiro atoms. The number of hydrogen-bond donors (Lipinski definition) is 3. The van der Waals surface area contributed by atoms with Crippen molar-refractivity contribution in [2.45, 2.75) is 23.5 Å². The molecule has 4 rings (SSSR count). The Labute approximate surface area is 269 Å². The van der Waals surface area contributed by atoms with Gasteiger partial charge in [0.15, 0.2) is 5.13 Å². The molecule has 14 heteroatoms. The molecule has 3 N–H and O–H groups in total. The van der Waals surface area contributed by atoms with Gasteiger partial charge in [-0.05, 0) is 48.9 Å². The molecule has 0 aliphatic rings. The number of hydrogen-bond acceptors (Lipinski definition) is 7. The van der Waals surface area contributed by atoms with Gasteiger partial charge in [0.25, 0.3) is 5.91 Å². The fourth-order valence-electron chi connectivity index (χ4n) is 3.78. The van der Waals surface area contributed by atoms with Crippen LogP contribution in [0, 0.1) is 0 Å². The average Bonchev–Trinajstić information content (AvgIpc) is 3.44. The highest BCUT2D eigenvalue weighted by Crippen LogP contribution is 2.42. The SMILES string of the molecule is CCC(Sc1cccc(NC(=O)c2c(Cl)c(Cl)c(Cl)c(Cl)c2C(=O)O)c1)C(=O)Nc1nc(-c2ccc(OC)cc2)cs1. The highest BCUT2D eigenvalue weighted by molar-refractivity contribution is 8.00. The van der Waals surface area contributed by atoms with Crippen molar-refractivity contribution in [2.75, 3.05) is 17.7 Å². The summed E-state index contributed by atoms with van der Waals surface area (Å²) in [5, 5.41) is 15.7. The molecule has 1 aromatic heterocycles. The van der Waals surface area contributed by atoms with E-state index in [0.29, 0.717) is 22.1 Å². The molecule has 8 nitrogen and oxygen atoms in total. The maximum absolute atomic E-state index is 13.1. The van der Waals surface area contributed by atoms with Crippen LogP contribution in [-0.2, 0) is 4.79 Å². The van der Waals surface area contributed by atoms with E-state index in [0.717, 1.165) is 17.0 Å². The van der Waals surface area contributed by atoms with Gasteiger partial charge >= 0.3 is 5.97 Å². The largest absolute Gasteiger partial charge is 0.497 e. The van der Waals surface area contributed by atoms with E-state index in [2.05, 4.69) is 15.6 Å². The Bertz CT molecular complexity index is 1660. The van der Waals surface area contributed by atoms with Gasteiger partial charge in [0.1, 0.15) is 5.75 Å². The van der Waals surface area contributed by atoms with Gasteiger partial charge in [-0.2, -0.15) is 0 Å². The predicted octanol–water partition coefficient (Wildman–Crippen LogP) is 8.89. The minimum Gasteiger partial charge on any atom is -0.497 e. The normalized spacial score (nSPS) is 11.6. The number of halogens is 4. The molecule has 0 fully saturated rings. The molecule has 1 atom stereocenters. The van der Waals surface area contributed by atoms with E-state index in [1.807, 2.05) is 36.6 Å². The second kappa shape index (κ2) is 14.0. The lowest BCUT2D eigenvalue weighted by atomic mass is 10.1. The number of aromatic nitrogens is 1. The molecule has 4 aromatic rings. The van der Waals surface area contributed by atoms with Crippen LogP contribution in [0.15, 0.2) is 58.8 Å². The van der Waals surface area contributed by atoms with Crippen LogP contribution in [0.4, 0.5) is 10.8 Å². The molecule has 2 amide bonds. The first-order valence-corrected chi connectivity index (χ1v) is 15.4. The van der Waals surface area contributed by atoms with Gasteiger partial charge < -0.3 is 20.5 Å². The van der Waals surface area contributed by atoms with E-state index in [4.69, 9.17) is 51.1 Å². The van der Waals surface area contributed by atoms with Crippen molar-refractivity contribution in [2.24, 2.45) is 0 Å². The summed E-state index contributed by atoms with van der Waals surface area (Å²) in [6, 6.07) is 14.2. The summed E-state index contributed by atoms with van der Waals surface area (Å²) in [5.41, 5.74) is 0.965. The van der Waals surface area contributed by atoms with Crippen molar-refractivity contribution in [3.8, 4) is 17.0 Å². The molecule has 0 bridgehead atoms. The number of nitrogens with zero attached hydrogens (tertiary/aromatic N) is 1. The second-order valence-electron chi connectivity index (χ2n) is 8.56. The van der Waals surface area contributed by atoms with Crippen LogP contribution in [0.3, 0.4) is 0 Å². The lowest BCUT2D eigenvalue weighted by Gasteiger charge is -2.16. The molecular weight excluding hydrogens is 664 g/mol. The van der Waals surface area contributed by atoms with Gasteiger partial charge in [0.2, 0.25) is 5.91 Å². The Morgan fingerprint density at radius 1 is 0.976 bits per heavy atom. The zero-order chi connectivity index (χ0) is 30.6. The summed E-state index contributed by atoms with van der Waals surface area (Å²) in [6.07, 6.45) is 0.517. The van der Waals surface area contributed by atoms with Crippen LogP contribution in [0.25, 0.3) is 11.3 Å². The third kappa shape index (κ3) is 7.14. The number of nitrogens with one attached hydrogen (secondary N) is 2.